The van der Waals surface area contributed by atoms with Crippen LogP contribution >= 0.6 is 0 Å². The predicted octanol–water partition coefficient (Wildman–Crippen LogP) is 0.855. The van der Waals surface area contributed by atoms with E-state index in [-0.39, 0.29) is 5.56 Å². The number of fused-ring (bicyclic) bond motifs is 1. The summed E-state index contributed by atoms with van der Waals surface area (Å²) < 4.78 is 33.5. The van der Waals surface area contributed by atoms with Crippen molar-refractivity contribution in [3.8, 4) is 0 Å². The fourth-order valence-electron chi connectivity index (χ4n) is 2.37. The minimum absolute atomic E-state index is 0.151. The highest BCUT2D eigenvalue weighted by atomic mass is 32.2. The maximum atomic E-state index is 12.3. The molecule has 0 bridgehead atoms. The third-order valence-electron chi connectivity index (χ3n) is 3.47. The Bertz CT molecular complexity index is 808. The number of carbonyl (C=O) groups is 1. The number of hydrogen-bond donors (Lipinski definition) is 3. The van der Waals surface area contributed by atoms with Crippen LogP contribution in [0, 0.1) is 0 Å². The molecule has 0 aliphatic carbocycles. The maximum Gasteiger partial charge on any atom is 0.337 e. The molecular weight excluding hydrogens is 310 g/mol. The number of aromatic nitrogens is 1. The van der Waals surface area contributed by atoms with Gasteiger partial charge in [0.2, 0.25) is 0 Å². The first-order valence-electron chi connectivity index (χ1n) is 6.67. The molecule has 0 spiro atoms. The van der Waals surface area contributed by atoms with Crippen LogP contribution in [0.2, 0.25) is 0 Å². The van der Waals surface area contributed by atoms with Gasteiger partial charge < -0.3 is 14.8 Å². The van der Waals surface area contributed by atoms with Crippen molar-refractivity contribution in [2.75, 3.05) is 31.0 Å². The number of aromatic carboxylic acids is 1. The van der Waals surface area contributed by atoms with E-state index in [1.165, 1.54) is 10.5 Å². The molecule has 1 aromatic heterocycles. The summed E-state index contributed by atoms with van der Waals surface area (Å²) in [6.45, 7) is 1.36. The first-order valence-corrected chi connectivity index (χ1v) is 8.11. The Morgan fingerprint density at radius 3 is 2.73 bits per heavy atom. The molecule has 1 aliphatic heterocycles. The molecule has 2 heterocycles. The second-order valence-electron chi connectivity index (χ2n) is 4.89. The minimum atomic E-state index is -3.64. The van der Waals surface area contributed by atoms with Gasteiger partial charge in [0.25, 0.3) is 0 Å². The topological polar surface area (TPSA) is 112 Å². The zero-order chi connectivity index (χ0) is 15.7. The van der Waals surface area contributed by atoms with Gasteiger partial charge in [-0.15, -0.1) is 0 Å². The maximum absolute atomic E-state index is 12.3. The van der Waals surface area contributed by atoms with Crippen LogP contribution in [0.15, 0.2) is 24.4 Å². The summed E-state index contributed by atoms with van der Waals surface area (Å²) in [5, 5.41) is 9.58. The number of nitrogens with one attached hydrogen (secondary N) is 2. The Kier molecular flexibility index (Phi) is 3.77. The monoisotopic (exact) mass is 325 g/mol. The van der Waals surface area contributed by atoms with E-state index >= 15 is 0 Å². The van der Waals surface area contributed by atoms with Gasteiger partial charge in [-0.1, -0.05) is 0 Å². The van der Waals surface area contributed by atoms with E-state index in [1.54, 1.807) is 18.2 Å². The Balaban J connectivity index is 1.86. The molecule has 9 heteroatoms. The lowest BCUT2D eigenvalue weighted by molar-refractivity contribution is 0.0699. The van der Waals surface area contributed by atoms with Crippen molar-refractivity contribution in [1.29, 1.82) is 0 Å². The fourth-order valence-corrected chi connectivity index (χ4v) is 3.55. The summed E-state index contributed by atoms with van der Waals surface area (Å²) in [6.07, 6.45) is 1.38. The van der Waals surface area contributed by atoms with Gasteiger partial charge in [-0.25, -0.2) is 4.79 Å². The quantitative estimate of drug-likeness (QED) is 0.772. The zero-order valence-electron chi connectivity index (χ0n) is 11.6. The van der Waals surface area contributed by atoms with E-state index in [9.17, 15) is 13.2 Å². The van der Waals surface area contributed by atoms with Gasteiger partial charge in [0.1, 0.15) is 0 Å². The lowest BCUT2D eigenvalue weighted by Crippen LogP contribution is -2.43. The molecule has 0 saturated carbocycles. The number of anilines is 1. The molecule has 0 atom stereocenters. The lowest BCUT2D eigenvalue weighted by atomic mass is 10.1. The van der Waals surface area contributed by atoms with Crippen molar-refractivity contribution in [1.82, 2.24) is 9.29 Å². The van der Waals surface area contributed by atoms with Crippen molar-refractivity contribution in [3.05, 3.63) is 30.0 Å². The third-order valence-corrected chi connectivity index (χ3v) is 5.01. The molecule has 0 amide bonds. The Morgan fingerprint density at radius 1 is 1.32 bits per heavy atom. The van der Waals surface area contributed by atoms with Gasteiger partial charge in [0.05, 0.1) is 24.5 Å². The molecule has 1 aromatic carbocycles. The summed E-state index contributed by atoms with van der Waals surface area (Å²) in [6, 6.07) is 4.69. The summed E-state index contributed by atoms with van der Waals surface area (Å²) in [5.74, 6) is -1.03. The summed E-state index contributed by atoms with van der Waals surface area (Å²) in [5.41, 5.74) is 1.08. The molecule has 2 aromatic rings. The van der Waals surface area contributed by atoms with Gasteiger partial charge in [0, 0.05) is 30.2 Å². The normalized spacial score (nSPS) is 16.7. The zero-order valence-corrected chi connectivity index (χ0v) is 12.4. The molecule has 0 radical (unpaired) electrons. The molecule has 1 fully saturated rings. The van der Waals surface area contributed by atoms with E-state index in [2.05, 4.69) is 9.71 Å². The standard InChI is InChI=1S/C13H15N3O5S/c17-13(18)11-8-14-12-7-9(1-2-10(11)12)15-22(19,20)16-3-5-21-6-4-16/h1-2,7-8,14-15H,3-6H2,(H,17,18). The van der Waals surface area contributed by atoms with Gasteiger partial charge in [0.15, 0.2) is 0 Å². The third kappa shape index (κ3) is 2.78. The number of nitrogens with zero attached hydrogens (tertiary/aromatic N) is 1. The lowest BCUT2D eigenvalue weighted by Gasteiger charge is -2.26. The van der Waals surface area contributed by atoms with Crippen molar-refractivity contribution in [3.63, 3.8) is 0 Å². The largest absolute Gasteiger partial charge is 0.478 e. The average Bonchev–Trinajstić information content (AvgIpc) is 2.91. The van der Waals surface area contributed by atoms with Crippen LogP contribution in [0.25, 0.3) is 10.9 Å². The van der Waals surface area contributed by atoms with Crippen molar-refractivity contribution in [2.45, 2.75) is 0 Å². The first-order chi connectivity index (χ1) is 10.5. The highest BCUT2D eigenvalue weighted by Crippen LogP contribution is 2.23. The minimum Gasteiger partial charge on any atom is -0.478 e. The summed E-state index contributed by atoms with van der Waals surface area (Å²) in [4.78, 5) is 13.9. The molecule has 8 nitrogen and oxygen atoms in total. The highest BCUT2D eigenvalue weighted by Gasteiger charge is 2.24. The number of H-pyrrole nitrogens is 1. The number of hydrogen-bond acceptors (Lipinski definition) is 4. The number of aromatic amines is 1. The average molecular weight is 325 g/mol. The molecule has 1 aliphatic rings. The van der Waals surface area contributed by atoms with Crippen LogP contribution < -0.4 is 4.72 Å². The van der Waals surface area contributed by atoms with E-state index in [4.69, 9.17) is 9.84 Å². The summed E-state index contributed by atoms with van der Waals surface area (Å²) in [7, 11) is -3.64. The predicted molar refractivity (Wildman–Crippen MR) is 80.2 cm³/mol. The number of rotatable bonds is 4. The molecule has 118 valence electrons. The van der Waals surface area contributed by atoms with Crippen molar-refractivity contribution >= 4 is 32.8 Å². The van der Waals surface area contributed by atoms with Crippen LogP contribution in [0.1, 0.15) is 10.4 Å². The van der Waals surface area contributed by atoms with Gasteiger partial charge in [-0.2, -0.15) is 12.7 Å². The van der Waals surface area contributed by atoms with E-state index in [0.29, 0.717) is 42.9 Å². The van der Waals surface area contributed by atoms with Gasteiger partial charge >= 0.3 is 16.2 Å². The van der Waals surface area contributed by atoms with Crippen LogP contribution in [-0.4, -0.2) is 55.1 Å². The van der Waals surface area contributed by atoms with Crippen molar-refractivity contribution < 1.29 is 23.1 Å². The Morgan fingerprint density at radius 2 is 2.05 bits per heavy atom. The number of benzene rings is 1. The van der Waals surface area contributed by atoms with Crippen LogP contribution in [0.5, 0.6) is 0 Å². The Labute approximate surface area is 126 Å². The molecule has 22 heavy (non-hydrogen) atoms. The van der Waals surface area contributed by atoms with Gasteiger partial charge in [-0.05, 0) is 18.2 Å². The van der Waals surface area contributed by atoms with E-state index < -0.39 is 16.2 Å². The van der Waals surface area contributed by atoms with Crippen molar-refractivity contribution in [2.24, 2.45) is 0 Å². The second-order valence-corrected chi connectivity index (χ2v) is 6.56. The highest BCUT2D eigenvalue weighted by molar-refractivity contribution is 7.90. The second kappa shape index (κ2) is 5.59. The number of morpholine rings is 1. The number of ether oxygens (including phenoxy) is 1. The van der Waals surface area contributed by atoms with Crippen LogP contribution in [-0.2, 0) is 14.9 Å². The Hall–Kier alpha value is -2.10. The molecule has 0 unspecified atom stereocenters. The van der Waals surface area contributed by atoms with E-state index in [1.807, 2.05) is 0 Å². The first kappa shape index (κ1) is 14.8. The molecule has 3 N–H and O–H groups in total. The fraction of sp³-hybridized carbons (Fsp3) is 0.308. The smallest absolute Gasteiger partial charge is 0.337 e. The number of carboxylic acid groups (broad SMARTS) is 1. The van der Waals surface area contributed by atoms with Gasteiger partial charge in [-0.3, -0.25) is 4.72 Å². The van der Waals surface area contributed by atoms with Crippen LogP contribution in [0.4, 0.5) is 5.69 Å². The molecule has 3 rings (SSSR count). The SMILES string of the molecule is O=C(O)c1c[nH]c2cc(NS(=O)(=O)N3CCOCC3)ccc12. The van der Waals surface area contributed by atoms with Crippen LogP contribution in [0.3, 0.4) is 0 Å². The molecular formula is C13H15N3O5S. The number of carboxylic acids is 1. The molecule has 1 saturated heterocycles. The summed E-state index contributed by atoms with van der Waals surface area (Å²) >= 11 is 0. The van der Waals surface area contributed by atoms with E-state index in [0.717, 1.165) is 0 Å².